The lowest BCUT2D eigenvalue weighted by Crippen LogP contribution is -2.64. The summed E-state index contributed by atoms with van der Waals surface area (Å²) < 4.78 is 6.17. The fourth-order valence-electron chi connectivity index (χ4n) is 9.71. The minimum absolute atomic E-state index is 0.0170. The van der Waals surface area contributed by atoms with Crippen molar-refractivity contribution >= 4 is 5.97 Å². The fourth-order valence-corrected chi connectivity index (χ4v) is 9.71. The Labute approximate surface area is 197 Å². The molecule has 32 heavy (non-hydrogen) atoms. The number of hydrogen-bond acceptors (Lipinski definition) is 3. The highest BCUT2D eigenvalue weighted by atomic mass is 16.6. The van der Waals surface area contributed by atoms with Crippen molar-refractivity contribution < 1.29 is 14.6 Å². The third-order valence-corrected chi connectivity index (χ3v) is 11.3. The molecule has 0 aromatic rings. The first kappa shape index (κ1) is 24.6. The van der Waals surface area contributed by atoms with Crippen LogP contribution in [-0.4, -0.2) is 22.8 Å². The summed E-state index contributed by atoms with van der Waals surface area (Å²) in [6.07, 6.45) is 13.9. The van der Waals surface area contributed by atoms with Crippen LogP contribution in [0.15, 0.2) is 0 Å². The number of aliphatic hydroxyl groups is 1. The van der Waals surface area contributed by atoms with Crippen molar-refractivity contribution in [3.8, 4) is 0 Å². The Kier molecular flexibility index (Phi) is 6.83. The van der Waals surface area contributed by atoms with Gasteiger partial charge in [-0.3, -0.25) is 4.79 Å². The van der Waals surface area contributed by atoms with Gasteiger partial charge in [-0.2, -0.15) is 0 Å². The van der Waals surface area contributed by atoms with Gasteiger partial charge in [0.2, 0.25) is 0 Å². The van der Waals surface area contributed by atoms with Crippen LogP contribution in [-0.2, 0) is 9.53 Å². The van der Waals surface area contributed by atoms with E-state index in [1.807, 2.05) is 0 Å². The van der Waals surface area contributed by atoms with Gasteiger partial charge in [0.15, 0.2) is 0 Å². The number of ether oxygens (including phenoxy) is 1. The lowest BCUT2D eigenvalue weighted by Gasteiger charge is -2.64. The molecule has 3 heteroatoms. The SMILES string of the molecule is CC(=O)O[C@@]12CC[C@H]3[C@@H]4CC[C@H]([C@H](C)CCCC(C)C)[C@@]4(C)CC[C@@H]3[C@@]1(C)CC[C@H](O)C2. The molecule has 0 radical (unpaired) electrons. The second kappa shape index (κ2) is 8.90. The highest BCUT2D eigenvalue weighted by Crippen LogP contribution is 2.69. The summed E-state index contributed by atoms with van der Waals surface area (Å²) in [6.45, 7) is 13.9. The summed E-state index contributed by atoms with van der Waals surface area (Å²) in [4.78, 5) is 12.1. The first-order valence-corrected chi connectivity index (χ1v) is 13.9. The molecule has 4 aliphatic carbocycles. The van der Waals surface area contributed by atoms with Crippen LogP contribution in [0.4, 0.5) is 0 Å². The number of carbonyl (C=O) groups is 1. The van der Waals surface area contributed by atoms with E-state index in [-0.39, 0.29) is 17.5 Å². The summed E-state index contributed by atoms with van der Waals surface area (Å²) >= 11 is 0. The Bertz CT molecular complexity index is 688. The van der Waals surface area contributed by atoms with Gasteiger partial charge in [0.25, 0.3) is 0 Å². The first-order chi connectivity index (χ1) is 15.0. The van der Waals surface area contributed by atoms with Gasteiger partial charge in [-0.05, 0) is 92.3 Å². The molecule has 0 aliphatic heterocycles. The van der Waals surface area contributed by atoms with E-state index in [9.17, 15) is 9.90 Å². The van der Waals surface area contributed by atoms with E-state index in [0.717, 1.165) is 48.9 Å². The minimum atomic E-state index is -0.451. The highest BCUT2D eigenvalue weighted by Gasteiger charge is 2.66. The van der Waals surface area contributed by atoms with Crippen molar-refractivity contribution in [3.05, 3.63) is 0 Å². The van der Waals surface area contributed by atoms with E-state index in [4.69, 9.17) is 4.74 Å². The maximum atomic E-state index is 12.1. The quantitative estimate of drug-likeness (QED) is 0.440. The average molecular weight is 447 g/mol. The zero-order valence-corrected chi connectivity index (χ0v) is 21.8. The van der Waals surface area contributed by atoms with E-state index in [0.29, 0.717) is 17.8 Å². The predicted octanol–water partition coefficient (Wildman–Crippen LogP) is 7.15. The van der Waals surface area contributed by atoms with Crippen LogP contribution < -0.4 is 0 Å². The topological polar surface area (TPSA) is 46.5 Å². The Morgan fingerprint density at radius 2 is 1.72 bits per heavy atom. The van der Waals surface area contributed by atoms with Crippen molar-refractivity contribution in [3.63, 3.8) is 0 Å². The van der Waals surface area contributed by atoms with Gasteiger partial charge in [0.05, 0.1) is 6.10 Å². The molecule has 0 saturated heterocycles. The predicted molar refractivity (Wildman–Crippen MR) is 130 cm³/mol. The summed E-state index contributed by atoms with van der Waals surface area (Å²) in [7, 11) is 0. The van der Waals surface area contributed by atoms with Gasteiger partial charge < -0.3 is 9.84 Å². The van der Waals surface area contributed by atoms with Gasteiger partial charge in [-0.25, -0.2) is 0 Å². The van der Waals surface area contributed by atoms with Crippen molar-refractivity contribution in [1.29, 1.82) is 0 Å². The molecule has 0 spiro atoms. The summed E-state index contributed by atoms with van der Waals surface area (Å²) in [5.41, 5.74) is 0.0566. The number of carbonyl (C=O) groups excluding carboxylic acids is 1. The summed E-state index contributed by atoms with van der Waals surface area (Å²) in [5.74, 6) is 4.60. The zero-order chi connectivity index (χ0) is 23.3. The molecule has 4 aliphatic rings. The Hall–Kier alpha value is -0.570. The van der Waals surface area contributed by atoms with Crippen molar-refractivity contribution in [2.24, 2.45) is 46.3 Å². The van der Waals surface area contributed by atoms with Crippen LogP contribution in [0.25, 0.3) is 0 Å². The molecular formula is C29H50O3. The second-order valence-corrected chi connectivity index (χ2v) is 13.3. The standard InChI is InChI=1S/C29H50O3/c1-19(2)8-7-9-20(3)24-10-11-25-23-13-17-29(32-21(4)30)18-22(31)12-16-28(29,6)26(23)14-15-27(24,25)5/h19-20,22-26,31H,7-18H2,1-6H3/t20-,22+,23+,24-,25+,26+,27-,28-,29-/m1/s1. The molecule has 9 atom stereocenters. The zero-order valence-electron chi connectivity index (χ0n) is 21.8. The summed E-state index contributed by atoms with van der Waals surface area (Å²) in [5, 5.41) is 10.5. The summed E-state index contributed by atoms with van der Waals surface area (Å²) in [6, 6.07) is 0. The molecular weight excluding hydrogens is 396 g/mol. The van der Waals surface area contributed by atoms with E-state index >= 15 is 0 Å². The van der Waals surface area contributed by atoms with Crippen LogP contribution in [0.1, 0.15) is 119 Å². The lowest BCUT2D eigenvalue weighted by molar-refractivity contribution is -0.237. The van der Waals surface area contributed by atoms with Crippen molar-refractivity contribution in [2.75, 3.05) is 0 Å². The number of aliphatic hydroxyl groups excluding tert-OH is 1. The first-order valence-electron chi connectivity index (χ1n) is 13.9. The molecule has 4 saturated carbocycles. The van der Waals surface area contributed by atoms with Gasteiger partial charge in [0, 0.05) is 18.8 Å². The minimum Gasteiger partial charge on any atom is -0.459 e. The molecule has 0 heterocycles. The van der Waals surface area contributed by atoms with E-state index in [1.54, 1.807) is 6.92 Å². The van der Waals surface area contributed by atoms with E-state index in [2.05, 4.69) is 34.6 Å². The monoisotopic (exact) mass is 446 g/mol. The van der Waals surface area contributed by atoms with Crippen molar-refractivity contribution in [1.82, 2.24) is 0 Å². The van der Waals surface area contributed by atoms with Gasteiger partial charge in [-0.1, -0.05) is 53.9 Å². The largest absolute Gasteiger partial charge is 0.459 e. The molecule has 0 aromatic carbocycles. The van der Waals surface area contributed by atoms with Crippen LogP contribution in [0.2, 0.25) is 0 Å². The Morgan fingerprint density at radius 3 is 2.41 bits per heavy atom. The molecule has 3 nitrogen and oxygen atoms in total. The molecule has 4 fully saturated rings. The van der Waals surface area contributed by atoms with E-state index in [1.165, 1.54) is 51.4 Å². The second-order valence-electron chi connectivity index (χ2n) is 13.3. The van der Waals surface area contributed by atoms with E-state index < -0.39 is 5.60 Å². The maximum absolute atomic E-state index is 12.1. The number of rotatable bonds is 6. The van der Waals surface area contributed by atoms with Gasteiger partial charge in [0.1, 0.15) is 5.60 Å². The number of esters is 1. The molecule has 4 rings (SSSR count). The highest BCUT2D eigenvalue weighted by molar-refractivity contribution is 5.66. The van der Waals surface area contributed by atoms with Crippen molar-refractivity contribution in [2.45, 2.75) is 130 Å². The molecule has 184 valence electrons. The fraction of sp³-hybridized carbons (Fsp3) is 0.966. The van der Waals surface area contributed by atoms with Crippen LogP contribution in [0, 0.1) is 46.3 Å². The third-order valence-electron chi connectivity index (χ3n) is 11.3. The van der Waals surface area contributed by atoms with Gasteiger partial charge in [-0.15, -0.1) is 0 Å². The normalized spacial score (nSPS) is 46.8. The molecule has 0 unspecified atom stereocenters. The Morgan fingerprint density at radius 1 is 0.969 bits per heavy atom. The molecule has 0 bridgehead atoms. The molecule has 0 amide bonds. The van der Waals surface area contributed by atoms with Crippen LogP contribution in [0.5, 0.6) is 0 Å². The third kappa shape index (κ3) is 3.97. The van der Waals surface area contributed by atoms with Crippen LogP contribution >= 0.6 is 0 Å². The lowest BCUT2D eigenvalue weighted by atomic mass is 9.43. The molecule has 0 aromatic heterocycles. The van der Waals surface area contributed by atoms with Gasteiger partial charge >= 0.3 is 5.97 Å². The number of hydrogen-bond donors (Lipinski definition) is 1. The Balaban J connectivity index is 1.53. The molecule has 1 N–H and O–H groups in total. The maximum Gasteiger partial charge on any atom is 0.303 e. The number of fused-ring (bicyclic) bond motifs is 5. The average Bonchev–Trinajstić information content (AvgIpc) is 3.05. The van der Waals surface area contributed by atoms with Crippen LogP contribution in [0.3, 0.4) is 0 Å². The smallest absolute Gasteiger partial charge is 0.303 e.